The summed E-state index contributed by atoms with van der Waals surface area (Å²) >= 11 is 0. The molecule has 112 valence electrons. The van der Waals surface area contributed by atoms with Crippen molar-refractivity contribution >= 4 is 0 Å². The molecular weight excluding hydrogens is 256 g/mol. The van der Waals surface area contributed by atoms with Gasteiger partial charge in [-0.15, -0.1) is 0 Å². The van der Waals surface area contributed by atoms with E-state index < -0.39 is 0 Å². The molecule has 0 saturated heterocycles. The van der Waals surface area contributed by atoms with Crippen LogP contribution in [0.3, 0.4) is 0 Å². The molecule has 2 atom stereocenters. The number of pyridine rings is 1. The zero-order chi connectivity index (χ0) is 14.8. The van der Waals surface area contributed by atoms with Crippen LogP contribution in [0.4, 0.5) is 0 Å². The van der Waals surface area contributed by atoms with Crippen LogP contribution in [-0.4, -0.2) is 38.5 Å². The van der Waals surface area contributed by atoms with Gasteiger partial charge in [0.1, 0.15) is 0 Å². The quantitative estimate of drug-likeness (QED) is 0.864. The Morgan fingerprint density at radius 2 is 2.05 bits per heavy atom. The molecule has 0 aromatic carbocycles. The summed E-state index contributed by atoms with van der Waals surface area (Å²) in [6.07, 6.45) is 3.08. The monoisotopic (exact) mass is 280 g/mol. The van der Waals surface area contributed by atoms with Crippen LogP contribution in [0.25, 0.3) is 0 Å². The van der Waals surface area contributed by atoms with Gasteiger partial charge in [0.2, 0.25) is 0 Å². The molecule has 20 heavy (non-hydrogen) atoms. The molecule has 2 rings (SSSR count). The molecule has 1 aromatic rings. The molecule has 5 heteroatoms. The van der Waals surface area contributed by atoms with E-state index in [9.17, 15) is 0 Å². The van der Waals surface area contributed by atoms with Crippen molar-refractivity contribution in [1.82, 2.24) is 10.3 Å². The van der Waals surface area contributed by atoms with Crippen molar-refractivity contribution in [3.05, 3.63) is 18.0 Å². The van der Waals surface area contributed by atoms with Gasteiger partial charge in [-0.2, -0.15) is 0 Å². The second kappa shape index (κ2) is 5.97. The predicted octanol–water partition coefficient (Wildman–Crippen LogP) is 2.00. The van der Waals surface area contributed by atoms with E-state index in [-0.39, 0.29) is 5.41 Å². The molecule has 0 aliphatic heterocycles. The fraction of sp³-hybridized carbons (Fsp3) is 0.667. The topological polar surface area (TPSA) is 52.6 Å². The van der Waals surface area contributed by atoms with Crippen LogP contribution < -0.4 is 14.8 Å². The highest BCUT2D eigenvalue weighted by Gasteiger charge is 2.48. The molecule has 1 fully saturated rings. The summed E-state index contributed by atoms with van der Waals surface area (Å²) in [6, 6.07) is 2.22. The first-order valence-electron chi connectivity index (χ1n) is 6.86. The Kier molecular flexibility index (Phi) is 4.50. The Morgan fingerprint density at radius 3 is 2.60 bits per heavy atom. The Bertz CT molecular complexity index is 462. The summed E-state index contributed by atoms with van der Waals surface area (Å²) < 4.78 is 16.1. The molecule has 1 aliphatic carbocycles. The molecule has 5 nitrogen and oxygen atoms in total. The van der Waals surface area contributed by atoms with Crippen molar-refractivity contribution in [3.63, 3.8) is 0 Å². The summed E-state index contributed by atoms with van der Waals surface area (Å²) in [5, 5.41) is 3.54. The van der Waals surface area contributed by atoms with Gasteiger partial charge >= 0.3 is 0 Å². The summed E-state index contributed by atoms with van der Waals surface area (Å²) in [5.41, 5.74) is 1.00. The highest BCUT2D eigenvalue weighted by Crippen LogP contribution is 2.42. The molecule has 1 saturated carbocycles. The van der Waals surface area contributed by atoms with Crippen LogP contribution in [0.1, 0.15) is 26.0 Å². The van der Waals surface area contributed by atoms with E-state index in [1.807, 2.05) is 0 Å². The standard InChI is InChI=1S/C15H24N2O3/c1-15(2)12(8-13(15)19-4)17-9-10-14(20-5)11(18-3)6-7-16-10/h6-7,12-13,17H,8-9H2,1-5H3. The first-order valence-corrected chi connectivity index (χ1v) is 6.86. The summed E-state index contributed by atoms with van der Waals surface area (Å²) in [5.74, 6) is 1.41. The molecule has 1 N–H and O–H groups in total. The molecule has 0 bridgehead atoms. The SMILES string of the molecule is COc1ccnc(CNC2CC(OC)C2(C)C)c1OC. The second-order valence-electron chi connectivity index (χ2n) is 5.71. The fourth-order valence-electron chi connectivity index (χ4n) is 2.83. The normalized spacial score (nSPS) is 24.1. The number of nitrogens with one attached hydrogen (secondary N) is 1. The van der Waals surface area contributed by atoms with Crippen molar-refractivity contribution < 1.29 is 14.2 Å². The number of hydrogen-bond acceptors (Lipinski definition) is 5. The van der Waals surface area contributed by atoms with Crippen molar-refractivity contribution in [3.8, 4) is 11.5 Å². The number of ether oxygens (including phenoxy) is 3. The lowest BCUT2D eigenvalue weighted by Gasteiger charge is -2.51. The van der Waals surface area contributed by atoms with Crippen LogP contribution in [-0.2, 0) is 11.3 Å². The van der Waals surface area contributed by atoms with Crippen LogP contribution in [0, 0.1) is 5.41 Å². The van der Waals surface area contributed by atoms with Crippen LogP contribution in [0.2, 0.25) is 0 Å². The maximum atomic E-state index is 5.46. The highest BCUT2D eigenvalue weighted by molar-refractivity contribution is 5.42. The maximum absolute atomic E-state index is 5.46. The molecule has 1 aromatic heterocycles. The van der Waals surface area contributed by atoms with E-state index in [4.69, 9.17) is 14.2 Å². The highest BCUT2D eigenvalue weighted by atomic mass is 16.5. The third kappa shape index (κ3) is 2.60. The molecule has 0 spiro atoms. The number of hydrogen-bond donors (Lipinski definition) is 1. The third-order valence-corrected chi connectivity index (χ3v) is 4.34. The van der Waals surface area contributed by atoms with Gasteiger partial charge < -0.3 is 19.5 Å². The van der Waals surface area contributed by atoms with Crippen LogP contribution in [0.15, 0.2) is 12.3 Å². The van der Waals surface area contributed by atoms with Gasteiger partial charge in [-0.25, -0.2) is 0 Å². The van der Waals surface area contributed by atoms with Gasteiger partial charge in [-0.1, -0.05) is 13.8 Å². The van der Waals surface area contributed by atoms with Gasteiger partial charge in [0.25, 0.3) is 0 Å². The summed E-state index contributed by atoms with van der Waals surface area (Å²) in [6.45, 7) is 5.10. The van der Waals surface area contributed by atoms with Gasteiger partial charge in [0.15, 0.2) is 11.5 Å². The molecule has 0 radical (unpaired) electrons. The Hall–Kier alpha value is -1.33. The lowest BCUT2D eigenvalue weighted by Crippen LogP contribution is -2.60. The minimum Gasteiger partial charge on any atom is -0.493 e. The Balaban J connectivity index is 2.02. The van der Waals surface area contributed by atoms with Crippen molar-refractivity contribution in [2.24, 2.45) is 5.41 Å². The number of rotatable bonds is 6. The van der Waals surface area contributed by atoms with Gasteiger partial charge in [0, 0.05) is 37.4 Å². The zero-order valence-electron chi connectivity index (χ0n) is 12.9. The minimum atomic E-state index is 0.140. The Labute approximate surface area is 120 Å². The average Bonchev–Trinajstić information content (AvgIpc) is 2.45. The first-order chi connectivity index (χ1) is 9.54. The number of aromatic nitrogens is 1. The fourth-order valence-corrected chi connectivity index (χ4v) is 2.83. The van der Waals surface area contributed by atoms with Crippen LogP contribution in [0.5, 0.6) is 11.5 Å². The van der Waals surface area contributed by atoms with E-state index in [0.717, 1.165) is 12.1 Å². The van der Waals surface area contributed by atoms with E-state index in [1.165, 1.54) is 0 Å². The Morgan fingerprint density at radius 1 is 1.30 bits per heavy atom. The lowest BCUT2D eigenvalue weighted by atomic mass is 9.64. The van der Waals surface area contributed by atoms with E-state index in [2.05, 4.69) is 24.1 Å². The average molecular weight is 280 g/mol. The molecule has 0 amide bonds. The number of nitrogens with zero attached hydrogens (tertiary/aromatic N) is 1. The predicted molar refractivity (Wildman–Crippen MR) is 77.2 cm³/mol. The smallest absolute Gasteiger partial charge is 0.183 e. The zero-order valence-corrected chi connectivity index (χ0v) is 12.9. The first kappa shape index (κ1) is 15.1. The van der Waals surface area contributed by atoms with E-state index >= 15 is 0 Å². The molecule has 2 unspecified atom stereocenters. The van der Waals surface area contributed by atoms with Crippen molar-refractivity contribution in [1.29, 1.82) is 0 Å². The third-order valence-electron chi connectivity index (χ3n) is 4.34. The molecular formula is C15H24N2O3. The molecule has 1 heterocycles. The van der Waals surface area contributed by atoms with Gasteiger partial charge in [0.05, 0.1) is 26.0 Å². The minimum absolute atomic E-state index is 0.140. The summed E-state index contributed by atoms with van der Waals surface area (Å²) in [7, 11) is 5.04. The van der Waals surface area contributed by atoms with Crippen molar-refractivity contribution in [2.75, 3.05) is 21.3 Å². The van der Waals surface area contributed by atoms with Gasteiger partial charge in [-0.3, -0.25) is 4.98 Å². The van der Waals surface area contributed by atoms with Crippen molar-refractivity contribution in [2.45, 2.75) is 39.0 Å². The molecule has 1 aliphatic rings. The van der Waals surface area contributed by atoms with Gasteiger partial charge in [-0.05, 0) is 6.42 Å². The summed E-state index contributed by atoms with van der Waals surface area (Å²) in [4.78, 5) is 4.38. The second-order valence-corrected chi connectivity index (χ2v) is 5.71. The largest absolute Gasteiger partial charge is 0.493 e. The lowest BCUT2D eigenvalue weighted by molar-refractivity contribution is -0.0980. The number of methoxy groups -OCH3 is 3. The maximum Gasteiger partial charge on any atom is 0.183 e. The van der Waals surface area contributed by atoms with Crippen LogP contribution >= 0.6 is 0 Å². The van der Waals surface area contributed by atoms with E-state index in [0.29, 0.717) is 30.2 Å². The van der Waals surface area contributed by atoms with E-state index in [1.54, 1.807) is 33.6 Å².